The van der Waals surface area contributed by atoms with Crippen molar-refractivity contribution < 1.29 is 18.6 Å². The van der Waals surface area contributed by atoms with Gasteiger partial charge in [0.2, 0.25) is 6.79 Å². The zero-order valence-electron chi connectivity index (χ0n) is 15.3. The molecule has 1 saturated heterocycles. The van der Waals surface area contributed by atoms with Gasteiger partial charge in [0.15, 0.2) is 11.5 Å². The number of benzene rings is 2. The van der Waals surface area contributed by atoms with Crippen molar-refractivity contribution in [3.05, 3.63) is 66.5 Å². The van der Waals surface area contributed by atoms with Crippen molar-refractivity contribution in [3.63, 3.8) is 0 Å². The number of hydrogen-bond donors (Lipinski definition) is 0. The molecule has 0 bridgehead atoms. The highest BCUT2D eigenvalue weighted by Gasteiger charge is 2.30. The van der Waals surface area contributed by atoms with E-state index in [4.69, 9.17) is 14.2 Å². The fourth-order valence-corrected chi connectivity index (χ4v) is 3.94. The van der Waals surface area contributed by atoms with Crippen LogP contribution in [-0.4, -0.2) is 37.9 Å². The van der Waals surface area contributed by atoms with Gasteiger partial charge in [-0.3, -0.25) is 4.90 Å². The van der Waals surface area contributed by atoms with Crippen molar-refractivity contribution in [1.29, 1.82) is 0 Å². The van der Waals surface area contributed by atoms with E-state index in [1.807, 2.05) is 36.4 Å². The number of fused-ring (bicyclic) bond motifs is 1. The van der Waals surface area contributed by atoms with Crippen LogP contribution in [0.5, 0.6) is 17.2 Å². The first-order chi connectivity index (χ1) is 13.2. The van der Waals surface area contributed by atoms with Gasteiger partial charge in [-0.15, -0.1) is 6.58 Å². The molecule has 2 aromatic rings. The van der Waals surface area contributed by atoms with Crippen LogP contribution in [0.15, 0.2) is 55.1 Å². The average molecular weight is 369 g/mol. The number of halogens is 1. The van der Waals surface area contributed by atoms with Crippen molar-refractivity contribution in [2.24, 2.45) is 5.92 Å². The van der Waals surface area contributed by atoms with Crippen LogP contribution in [0.1, 0.15) is 17.9 Å². The molecule has 2 aromatic carbocycles. The molecule has 2 aliphatic rings. The van der Waals surface area contributed by atoms with E-state index in [1.165, 1.54) is 5.56 Å². The normalized spacial score (nSPS) is 21.8. The molecule has 0 amide bonds. The van der Waals surface area contributed by atoms with Crippen molar-refractivity contribution in [1.82, 2.24) is 4.90 Å². The maximum Gasteiger partial charge on any atom is 0.231 e. The largest absolute Gasteiger partial charge is 0.493 e. The van der Waals surface area contributed by atoms with Crippen molar-refractivity contribution in [2.45, 2.75) is 12.3 Å². The second-order valence-corrected chi connectivity index (χ2v) is 7.08. The summed E-state index contributed by atoms with van der Waals surface area (Å²) in [7, 11) is 0. The van der Waals surface area contributed by atoms with Gasteiger partial charge >= 0.3 is 0 Å². The topological polar surface area (TPSA) is 30.9 Å². The molecule has 27 heavy (non-hydrogen) atoms. The van der Waals surface area contributed by atoms with Gasteiger partial charge in [0.25, 0.3) is 0 Å². The number of ether oxygens (including phenoxy) is 3. The van der Waals surface area contributed by atoms with Crippen molar-refractivity contribution in [3.8, 4) is 17.2 Å². The molecule has 0 saturated carbocycles. The van der Waals surface area contributed by atoms with Crippen LogP contribution < -0.4 is 14.2 Å². The van der Waals surface area contributed by atoms with Gasteiger partial charge in [0.1, 0.15) is 11.6 Å². The van der Waals surface area contributed by atoms with Gasteiger partial charge in [-0.2, -0.15) is 0 Å². The molecule has 142 valence electrons. The Labute approximate surface area is 159 Å². The molecule has 1 fully saturated rings. The number of piperidine rings is 1. The Balaban J connectivity index is 1.48. The van der Waals surface area contributed by atoms with E-state index in [9.17, 15) is 4.39 Å². The molecule has 0 aliphatic carbocycles. The van der Waals surface area contributed by atoms with E-state index in [0.717, 1.165) is 43.3 Å². The first-order valence-corrected chi connectivity index (χ1v) is 9.34. The molecule has 4 rings (SSSR count). The minimum absolute atomic E-state index is 0.198. The Morgan fingerprint density at radius 2 is 1.96 bits per heavy atom. The number of hydrogen-bond acceptors (Lipinski definition) is 4. The van der Waals surface area contributed by atoms with Crippen LogP contribution in [-0.2, 0) is 0 Å². The molecule has 2 heterocycles. The maximum absolute atomic E-state index is 13.3. The standard InChI is InChI=1S/C22H24FNO3/c1-2-10-24-11-9-20(16-3-5-18(23)6-4-16)17(13-24)14-25-19-7-8-21-22(12-19)27-15-26-21/h2-8,12,17,20H,1,9-11,13-15H2/t17-,20-/m1/s1. The summed E-state index contributed by atoms with van der Waals surface area (Å²) in [5.41, 5.74) is 1.17. The Kier molecular flexibility index (Phi) is 5.30. The summed E-state index contributed by atoms with van der Waals surface area (Å²) >= 11 is 0. The number of nitrogens with zero attached hydrogens (tertiary/aromatic N) is 1. The lowest BCUT2D eigenvalue weighted by molar-refractivity contribution is 0.119. The van der Waals surface area contributed by atoms with Crippen molar-refractivity contribution >= 4 is 0 Å². The highest BCUT2D eigenvalue weighted by atomic mass is 19.1. The van der Waals surface area contributed by atoms with Gasteiger partial charge < -0.3 is 14.2 Å². The molecule has 0 radical (unpaired) electrons. The van der Waals surface area contributed by atoms with Crippen LogP contribution in [0.4, 0.5) is 4.39 Å². The summed E-state index contributed by atoms with van der Waals surface area (Å²) in [6, 6.07) is 12.5. The summed E-state index contributed by atoms with van der Waals surface area (Å²) in [5, 5.41) is 0. The smallest absolute Gasteiger partial charge is 0.231 e. The quantitative estimate of drug-likeness (QED) is 0.713. The molecular weight excluding hydrogens is 345 g/mol. The van der Waals surface area contributed by atoms with E-state index < -0.39 is 0 Å². The Hall–Kier alpha value is -2.53. The van der Waals surface area contributed by atoms with Gasteiger partial charge in [-0.1, -0.05) is 18.2 Å². The summed E-state index contributed by atoms with van der Waals surface area (Å²) in [6.45, 7) is 7.51. The van der Waals surface area contributed by atoms with Gasteiger partial charge in [-0.05, 0) is 48.7 Å². The Bertz CT molecular complexity index is 793. The third kappa shape index (κ3) is 4.08. The predicted molar refractivity (Wildman–Crippen MR) is 102 cm³/mol. The molecular formula is C22H24FNO3. The molecule has 2 aliphatic heterocycles. The minimum atomic E-state index is -0.198. The van der Waals surface area contributed by atoms with E-state index in [2.05, 4.69) is 11.5 Å². The molecule has 0 N–H and O–H groups in total. The van der Waals surface area contributed by atoms with Crippen molar-refractivity contribution in [2.75, 3.05) is 33.0 Å². The Morgan fingerprint density at radius 1 is 1.15 bits per heavy atom. The molecule has 0 aromatic heterocycles. The molecule has 0 spiro atoms. The lowest BCUT2D eigenvalue weighted by Gasteiger charge is -2.38. The van der Waals surface area contributed by atoms with Crippen LogP contribution in [0.25, 0.3) is 0 Å². The number of rotatable bonds is 6. The predicted octanol–water partition coefficient (Wildman–Crippen LogP) is 4.22. The monoisotopic (exact) mass is 369 g/mol. The van der Waals surface area contributed by atoms with Crippen LogP contribution in [0.3, 0.4) is 0 Å². The summed E-state index contributed by atoms with van der Waals surface area (Å²) in [6.07, 6.45) is 2.96. The fraction of sp³-hybridized carbons (Fsp3) is 0.364. The zero-order valence-corrected chi connectivity index (χ0v) is 15.3. The highest BCUT2D eigenvalue weighted by molar-refractivity contribution is 5.46. The third-order valence-corrected chi connectivity index (χ3v) is 5.31. The van der Waals surface area contributed by atoms with Gasteiger partial charge in [0, 0.05) is 25.1 Å². The first-order valence-electron chi connectivity index (χ1n) is 9.34. The molecule has 5 heteroatoms. The lowest BCUT2D eigenvalue weighted by Crippen LogP contribution is -2.41. The first kappa shape index (κ1) is 17.9. The summed E-state index contributed by atoms with van der Waals surface area (Å²) in [4.78, 5) is 2.39. The Morgan fingerprint density at radius 3 is 2.78 bits per heavy atom. The summed E-state index contributed by atoms with van der Waals surface area (Å²) < 4.78 is 30.2. The molecule has 4 nitrogen and oxygen atoms in total. The SMILES string of the molecule is C=CCN1CC[C@H](c2ccc(F)cc2)[C@@H](COc2ccc3c(c2)OCO3)C1. The molecule has 0 unspecified atom stereocenters. The lowest BCUT2D eigenvalue weighted by atomic mass is 9.81. The number of likely N-dealkylation sites (tertiary alicyclic amines) is 1. The third-order valence-electron chi connectivity index (χ3n) is 5.31. The van der Waals surface area contributed by atoms with Gasteiger partial charge in [-0.25, -0.2) is 4.39 Å². The van der Waals surface area contributed by atoms with E-state index >= 15 is 0 Å². The van der Waals surface area contributed by atoms with Crippen LogP contribution >= 0.6 is 0 Å². The fourth-order valence-electron chi connectivity index (χ4n) is 3.94. The average Bonchev–Trinajstić information content (AvgIpc) is 3.15. The minimum Gasteiger partial charge on any atom is -0.493 e. The van der Waals surface area contributed by atoms with Gasteiger partial charge in [0.05, 0.1) is 6.61 Å². The zero-order chi connectivity index (χ0) is 18.6. The van der Waals surface area contributed by atoms with E-state index in [0.29, 0.717) is 18.4 Å². The maximum atomic E-state index is 13.3. The van der Waals surface area contributed by atoms with E-state index in [-0.39, 0.29) is 12.6 Å². The van der Waals surface area contributed by atoms with Crippen LogP contribution in [0.2, 0.25) is 0 Å². The molecule has 2 atom stereocenters. The summed E-state index contributed by atoms with van der Waals surface area (Å²) in [5.74, 6) is 2.71. The van der Waals surface area contributed by atoms with Crippen LogP contribution in [0, 0.1) is 11.7 Å². The second kappa shape index (κ2) is 8.01. The highest BCUT2D eigenvalue weighted by Crippen LogP contribution is 2.37. The second-order valence-electron chi connectivity index (χ2n) is 7.08. The van der Waals surface area contributed by atoms with E-state index in [1.54, 1.807) is 12.1 Å².